The van der Waals surface area contributed by atoms with E-state index in [1.165, 1.54) is 6.42 Å². The monoisotopic (exact) mass is 215 g/mol. The zero-order valence-electron chi connectivity index (χ0n) is 9.46. The summed E-state index contributed by atoms with van der Waals surface area (Å²) in [5.74, 6) is -0.137. The molecule has 0 aromatic heterocycles. The Hall–Kier alpha value is -0.610. The third-order valence-corrected chi connectivity index (χ3v) is 3.16. The van der Waals surface area contributed by atoms with E-state index in [1.807, 2.05) is 0 Å². The summed E-state index contributed by atoms with van der Waals surface area (Å²) >= 11 is 0. The smallest absolute Gasteiger partial charge is 0.313 e. The van der Waals surface area contributed by atoms with Gasteiger partial charge in [0.1, 0.15) is 6.61 Å². The van der Waals surface area contributed by atoms with Crippen LogP contribution in [0.3, 0.4) is 0 Å². The van der Waals surface area contributed by atoms with Crippen LogP contribution in [0.5, 0.6) is 0 Å². The topological polar surface area (TPSA) is 61.5 Å². The molecule has 1 rings (SSSR count). The lowest BCUT2D eigenvalue weighted by atomic mass is 9.74. The minimum absolute atomic E-state index is 0.137. The Bertz CT molecular complexity index is 200. The van der Waals surface area contributed by atoms with Gasteiger partial charge in [-0.25, -0.2) is 0 Å². The van der Waals surface area contributed by atoms with Crippen molar-refractivity contribution in [1.82, 2.24) is 0 Å². The molecule has 4 nitrogen and oxygen atoms in total. The zero-order chi connectivity index (χ0) is 11.1. The van der Waals surface area contributed by atoms with Crippen LogP contribution in [0.4, 0.5) is 0 Å². The second-order valence-corrected chi connectivity index (χ2v) is 4.17. The van der Waals surface area contributed by atoms with Crippen LogP contribution >= 0.6 is 0 Å². The van der Waals surface area contributed by atoms with Crippen molar-refractivity contribution in [3.63, 3.8) is 0 Å². The average Bonchev–Trinajstić information content (AvgIpc) is 2.30. The van der Waals surface area contributed by atoms with Gasteiger partial charge in [-0.05, 0) is 12.8 Å². The van der Waals surface area contributed by atoms with Gasteiger partial charge >= 0.3 is 5.97 Å². The molecule has 2 N–H and O–H groups in total. The fraction of sp³-hybridized carbons (Fsp3) is 0.909. The van der Waals surface area contributed by atoms with Gasteiger partial charge in [0.15, 0.2) is 0 Å². The first-order valence-electron chi connectivity index (χ1n) is 5.61. The van der Waals surface area contributed by atoms with Gasteiger partial charge in [0.05, 0.1) is 12.0 Å². The van der Waals surface area contributed by atoms with Gasteiger partial charge in [0.25, 0.3) is 0 Å². The molecule has 0 aromatic rings. The SMILES string of the molecule is COCCOC(=O)C1(CN)CCCCC1. The van der Waals surface area contributed by atoms with Gasteiger partial charge in [-0.1, -0.05) is 19.3 Å². The van der Waals surface area contributed by atoms with Crippen LogP contribution in [0.1, 0.15) is 32.1 Å². The van der Waals surface area contributed by atoms with Gasteiger partial charge in [0.2, 0.25) is 0 Å². The zero-order valence-corrected chi connectivity index (χ0v) is 9.46. The second kappa shape index (κ2) is 6.08. The molecule has 88 valence electrons. The summed E-state index contributed by atoms with van der Waals surface area (Å²) in [6, 6.07) is 0. The van der Waals surface area contributed by atoms with E-state index in [2.05, 4.69) is 0 Å². The lowest BCUT2D eigenvalue weighted by molar-refractivity contribution is -0.158. The summed E-state index contributed by atoms with van der Waals surface area (Å²) in [6.45, 7) is 1.18. The Morgan fingerprint density at radius 2 is 1.93 bits per heavy atom. The van der Waals surface area contributed by atoms with E-state index >= 15 is 0 Å². The molecule has 0 radical (unpaired) electrons. The summed E-state index contributed by atoms with van der Waals surface area (Å²) in [5.41, 5.74) is 5.30. The van der Waals surface area contributed by atoms with E-state index in [1.54, 1.807) is 7.11 Å². The molecule has 0 amide bonds. The lowest BCUT2D eigenvalue weighted by Crippen LogP contribution is -2.41. The summed E-state index contributed by atoms with van der Waals surface area (Å²) in [5, 5.41) is 0. The summed E-state index contributed by atoms with van der Waals surface area (Å²) in [7, 11) is 1.59. The number of hydrogen-bond donors (Lipinski definition) is 1. The summed E-state index contributed by atoms with van der Waals surface area (Å²) < 4.78 is 10.0. The molecule has 1 saturated carbocycles. The number of nitrogens with two attached hydrogens (primary N) is 1. The highest BCUT2D eigenvalue weighted by Crippen LogP contribution is 2.36. The molecule has 0 unspecified atom stereocenters. The largest absolute Gasteiger partial charge is 0.463 e. The predicted octanol–water partition coefficient (Wildman–Crippen LogP) is 1.09. The van der Waals surface area contributed by atoms with Crippen molar-refractivity contribution in [2.45, 2.75) is 32.1 Å². The molecular formula is C11H21NO3. The standard InChI is InChI=1S/C11H21NO3/c1-14-7-8-15-10(13)11(9-12)5-3-2-4-6-11/h2-9,12H2,1H3. The van der Waals surface area contributed by atoms with E-state index in [-0.39, 0.29) is 5.97 Å². The van der Waals surface area contributed by atoms with Crippen molar-refractivity contribution in [1.29, 1.82) is 0 Å². The van der Waals surface area contributed by atoms with Gasteiger partial charge in [-0.15, -0.1) is 0 Å². The molecule has 15 heavy (non-hydrogen) atoms. The highest BCUT2D eigenvalue weighted by Gasteiger charge is 2.39. The minimum Gasteiger partial charge on any atom is -0.463 e. The normalized spacial score (nSPS) is 19.9. The number of ether oxygens (including phenoxy) is 2. The Morgan fingerprint density at radius 1 is 1.27 bits per heavy atom. The van der Waals surface area contributed by atoms with Crippen LogP contribution < -0.4 is 5.73 Å². The number of hydrogen-bond acceptors (Lipinski definition) is 4. The maximum absolute atomic E-state index is 11.9. The Kier molecular flexibility index (Phi) is 5.05. The molecule has 0 bridgehead atoms. The van der Waals surface area contributed by atoms with Crippen LogP contribution in [0, 0.1) is 5.41 Å². The van der Waals surface area contributed by atoms with Gasteiger partial charge < -0.3 is 15.2 Å². The maximum atomic E-state index is 11.9. The van der Waals surface area contributed by atoms with Crippen molar-refractivity contribution >= 4 is 5.97 Å². The molecule has 0 spiro atoms. The quantitative estimate of drug-likeness (QED) is 0.551. The first-order valence-corrected chi connectivity index (χ1v) is 5.61. The van der Waals surface area contributed by atoms with E-state index in [9.17, 15) is 4.79 Å². The Balaban J connectivity index is 2.45. The number of rotatable bonds is 5. The van der Waals surface area contributed by atoms with Crippen molar-refractivity contribution in [3.05, 3.63) is 0 Å². The molecule has 0 saturated heterocycles. The van der Waals surface area contributed by atoms with Crippen molar-refractivity contribution in [2.75, 3.05) is 26.9 Å². The molecule has 1 aliphatic carbocycles. The molecule has 0 aromatic carbocycles. The highest BCUT2D eigenvalue weighted by molar-refractivity contribution is 5.77. The van der Waals surface area contributed by atoms with Crippen LogP contribution in [0.25, 0.3) is 0 Å². The Morgan fingerprint density at radius 3 is 2.47 bits per heavy atom. The van der Waals surface area contributed by atoms with Gasteiger partial charge in [0, 0.05) is 13.7 Å². The maximum Gasteiger partial charge on any atom is 0.313 e. The summed E-state index contributed by atoms with van der Waals surface area (Å²) in [4.78, 5) is 11.9. The van der Waals surface area contributed by atoms with E-state index in [0.29, 0.717) is 19.8 Å². The number of carbonyl (C=O) groups is 1. The van der Waals surface area contributed by atoms with Crippen LogP contribution in [0.2, 0.25) is 0 Å². The van der Waals surface area contributed by atoms with Crippen molar-refractivity contribution in [3.8, 4) is 0 Å². The Labute approximate surface area is 91.1 Å². The number of esters is 1. The lowest BCUT2D eigenvalue weighted by Gasteiger charge is -2.33. The molecule has 1 aliphatic rings. The predicted molar refractivity (Wildman–Crippen MR) is 57.4 cm³/mol. The van der Waals surface area contributed by atoms with Crippen molar-refractivity contribution < 1.29 is 14.3 Å². The van der Waals surface area contributed by atoms with Crippen LogP contribution in [0.15, 0.2) is 0 Å². The van der Waals surface area contributed by atoms with E-state index in [0.717, 1.165) is 25.7 Å². The fourth-order valence-electron chi connectivity index (χ4n) is 2.09. The fourth-order valence-corrected chi connectivity index (χ4v) is 2.09. The third kappa shape index (κ3) is 3.18. The van der Waals surface area contributed by atoms with Crippen molar-refractivity contribution in [2.24, 2.45) is 11.1 Å². The third-order valence-electron chi connectivity index (χ3n) is 3.16. The molecule has 0 heterocycles. The van der Waals surface area contributed by atoms with E-state index < -0.39 is 5.41 Å². The van der Waals surface area contributed by atoms with Gasteiger partial charge in [-0.2, -0.15) is 0 Å². The number of methoxy groups -OCH3 is 1. The first-order chi connectivity index (χ1) is 7.25. The van der Waals surface area contributed by atoms with Crippen LogP contribution in [-0.2, 0) is 14.3 Å². The highest BCUT2D eigenvalue weighted by atomic mass is 16.6. The second-order valence-electron chi connectivity index (χ2n) is 4.17. The van der Waals surface area contributed by atoms with Gasteiger partial charge in [-0.3, -0.25) is 4.79 Å². The molecule has 0 aliphatic heterocycles. The summed E-state index contributed by atoms with van der Waals surface area (Å²) in [6.07, 6.45) is 5.10. The van der Waals surface area contributed by atoms with Crippen LogP contribution in [-0.4, -0.2) is 32.8 Å². The molecular weight excluding hydrogens is 194 g/mol. The molecule has 0 atom stereocenters. The average molecular weight is 215 g/mol. The number of carbonyl (C=O) groups excluding carboxylic acids is 1. The molecule has 4 heteroatoms. The minimum atomic E-state index is -0.411. The first kappa shape index (κ1) is 12.5. The van der Waals surface area contributed by atoms with E-state index in [4.69, 9.17) is 15.2 Å². The molecule has 1 fully saturated rings.